The molecule has 0 aromatic carbocycles. The van der Waals surface area contributed by atoms with E-state index in [1.165, 1.54) is 7.05 Å². The fourth-order valence-electron chi connectivity index (χ4n) is 1.18. The van der Waals surface area contributed by atoms with Crippen LogP contribution in [0.5, 0.6) is 0 Å². The average molecular weight is 281 g/mol. The molecule has 9 heteroatoms. The predicted octanol–water partition coefficient (Wildman–Crippen LogP) is 0.499. The van der Waals surface area contributed by atoms with E-state index in [1.54, 1.807) is 0 Å². The molecule has 0 unspecified atom stereocenters. The lowest BCUT2D eigenvalue weighted by Gasteiger charge is -2.14. The number of pyridine rings is 1. The third-order valence-corrected chi connectivity index (χ3v) is 2.22. The molecule has 0 N–H and O–H groups in total. The summed E-state index contributed by atoms with van der Waals surface area (Å²) in [5, 5.41) is 11.1. The Balaban J connectivity index is 2.64. The molecule has 106 valence electrons. The van der Waals surface area contributed by atoms with Crippen LogP contribution in [0.4, 0.5) is 5.82 Å². The average Bonchev–Trinajstić information content (AvgIpc) is 2.44. The highest BCUT2D eigenvalue weighted by Gasteiger charge is 2.18. The lowest BCUT2D eigenvalue weighted by molar-refractivity contribution is -0.389. The highest BCUT2D eigenvalue weighted by molar-refractivity contribution is 5.90. The van der Waals surface area contributed by atoms with Gasteiger partial charge in [-0.3, -0.25) is 4.79 Å². The number of hydrogen-bond acceptors (Lipinski definition) is 7. The van der Waals surface area contributed by atoms with Crippen LogP contribution in [0.15, 0.2) is 18.3 Å². The molecule has 0 aliphatic rings. The third-order valence-electron chi connectivity index (χ3n) is 2.22. The van der Waals surface area contributed by atoms with Crippen molar-refractivity contribution in [2.24, 2.45) is 0 Å². The first kappa shape index (κ1) is 15.2. The number of carbonyl (C=O) groups is 3. The van der Waals surface area contributed by atoms with Gasteiger partial charge in [0.2, 0.25) is 0 Å². The summed E-state index contributed by atoms with van der Waals surface area (Å²) in [6, 6.07) is 2.21. The maximum atomic E-state index is 11.6. The van der Waals surface area contributed by atoms with E-state index in [2.05, 4.69) is 4.98 Å². The first-order valence-corrected chi connectivity index (χ1v) is 5.48. The maximum Gasteiger partial charge on any atom is 0.367 e. The summed E-state index contributed by atoms with van der Waals surface area (Å²) in [7, 11) is 1.23. The van der Waals surface area contributed by atoms with E-state index >= 15 is 0 Å². The summed E-state index contributed by atoms with van der Waals surface area (Å²) in [6.07, 6.45) is 1.50. The minimum absolute atomic E-state index is 0.0276. The number of hydroxylamine groups is 2. The second kappa shape index (κ2) is 6.92. The van der Waals surface area contributed by atoms with E-state index < -0.39 is 22.6 Å². The quantitative estimate of drug-likeness (QED) is 0.437. The normalized spacial score (nSPS) is 9.65. The van der Waals surface area contributed by atoms with Gasteiger partial charge in [-0.05, 0) is 16.0 Å². The van der Waals surface area contributed by atoms with E-state index in [0.717, 1.165) is 18.3 Å². The summed E-state index contributed by atoms with van der Waals surface area (Å²) in [4.78, 5) is 51.0. The molecule has 1 heterocycles. The Labute approximate surface area is 113 Å². The highest BCUT2D eigenvalue weighted by atomic mass is 16.7. The number of hydrogen-bond donors (Lipinski definition) is 0. The Kier molecular flexibility index (Phi) is 5.27. The molecule has 9 nitrogen and oxygen atoms in total. The topological polar surface area (TPSA) is 120 Å². The van der Waals surface area contributed by atoms with E-state index in [4.69, 9.17) is 4.84 Å². The van der Waals surface area contributed by atoms with Crippen LogP contribution in [-0.2, 0) is 14.4 Å². The Bertz CT molecular complexity index is 527. The van der Waals surface area contributed by atoms with Gasteiger partial charge in [-0.1, -0.05) is 0 Å². The summed E-state index contributed by atoms with van der Waals surface area (Å²) in [5.41, 5.74) is -0.0364. The largest absolute Gasteiger partial charge is 0.367 e. The molecule has 1 aromatic rings. The van der Waals surface area contributed by atoms with Gasteiger partial charge < -0.3 is 19.7 Å². The number of carbonyl (C=O) groups excluding carboxylic acids is 3. The van der Waals surface area contributed by atoms with Crippen molar-refractivity contribution in [3.8, 4) is 0 Å². The van der Waals surface area contributed by atoms with Gasteiger partial charge in [-0.25, -0.2) is 4.79 Å². The summed E-state index contributed by atoms with van der Waals surface area (Å²) in [5.74, 6) is -1.83. The van der Waals surface area contributed by atoms with Crippen molar-refractivity contribution in [3.63, 3.8) is 0 Å². The number of nitrogens with zero attached hydrogens (tertiary/aromatic N) is 3. The first-order chi connectivity index (χ1) is 9.45. The van der Waals surface area contributed by atoms with Crippen molar-refractivity contribution < 1.29 is 24.1 Å². The van der Waals surface area contributed by atoms with E-state index in [9.17, 15) is 24.5 Å². The Morgan fingerprint density at radius 2 is 2.20 bits per heavy atom. The number of aromatic nitrogens is 1. The van der Waals surface area contributed by atoms with Gasteiger partial charge in [-0.15, -0.1) is 0 Å². The first-order valence-electron chi connectivity index (χ1n) is 5.48. The lowest BCUT2D eigenvalue weighted by Crippen LogP contribution is -2.29. The molecule has 0 saturated carbocycles. The number of amides is 1. The molecule has 0 aliphatic carbocycles. The molecule has 0 bridgehead atoms. The van der Waals surface area contributed by atoms with Crippen molar-refractivity contribution in [1.29, 1.82) is 0 Å². The van der Waals surface area contributed by atoms with Gasteiger partial charge in [-0.2, -0.15) is 5.06 Å². The Morgan fingerprint density at radius 3 is 2.70 bits per heavy atom. The highest BCUT2D eigenvalue weighted by Crippen LogP contribution is 2.09. The van der Waals surface area contributed by atoms with E-state index in [0.29, 0.717) is 11.3 Å². The minimum atomic E-state index is -0.880. The molecular formula is C11H11N3O6. The van der Waals surface area contributed by atoms with Crippen molar-refractivity contribution in [3.05, 3.63) is 34.0 Å². The van der Waals surface area contributed by atoms with Gasteiger partial charge in [0.15, 0.2) is 6.20 Å². The van der Waals surface area contributed by atoms with Crippen LogP contribution >= 0.6 is 0 Å². The lowest BCUT2D eigenvalue weighted by atomic mass is 10.3. The Morgan fingerprint density at radius 1 is 1.50 bits per heavy atom. The van der Waals surface area contributed by atoms with Crippen LogP contribution in [0.3, 0.4) is 0 Å². The fourth-order valence-corrected chi connectivity index (χ4v) is 1.18. The molecule has 0 fully saturated rings. The summed E-state index contributed by atoms with van der Waals surface area (Å²) < 4.78 is 0. The monoisotopic (exact) mass is 281 g/mol. The molecule has 1 rings (SSSR count). The number of nitro groups is 1. The van der Waals surface area contributed by atoms with E-state index in [1.807, 2.05) is 0 Å². The minimum Gasteiger partial charge on any atom is -0.358 e. The SMILES string of the molecule is CN(OC(=O)c1ccc([N+](=O)[O-])nc1)C(=O)CCC=O. The van der Waals surface area contributed by atoms with Crippen LogP contribution in [0, 0.1) is 10.1 Å². The van der Waals surface area contributed by atoms with Crippen LogP contribution in [0.1, 0.15) is 23.2 Å². The number of rotatable bonds is 5. The molecule has 0 radical (unpaired) electrons. The maximum absolute atomic E-state index is 11.6. The molecule has 1 aromatic heterocycles. The van der Waals surface area contributed by atoms with Crippen LogP contribution in [-0.4, -0.2) is 40.2 Å². The van der Waals surface area contributed by atoms with Gasteiger partial charge in [0.25, 0.3) is 5.91 Å². The molecule has 20 heavy (non-hydrogen) atoms. The zero-order valence-corrected chi connectivity index (χ0v) is 10.5. The third kappa shape index (κ3) is 4.12. The van der Waals surface area contributed by atoms with Gasteiger partial charge in [0, 0.05) is 26.0 Å². The second-order valence-corrected chi connectivity index (χ2v) is 3.64. The van der Waals surface area contributed by atoms with Crippen LogP contribution in [0.25, 0.3) is 0 Å². The molecule has 0 spiro atoms. The predicted molar refractivity (Wildman–Crippen MR) is 64.4 cm³/mol. The zero-order valence-electron chi connectivity index (χ0n) is 10.5. The molecule has 0 aliphatic heterocycles. The number of aldehydes is 1. The van der Waals surface area contributed by atoms with Gasteiger partial charge in [0.1, 0.15) is 11.8 Å². The van der Waals surface area contributed by atoms with Crippen LogP contribution < -0.4 is 0 Å². The summed E-state index contributed by atoms with van der Waals surface area (Å²) >= 11 is 0. The van der Waals surface area contributed by atoms with Crippen molar-refractivity contribution in [1.82, 2.24) is 10.0 Å². The summed E-state index contributed by atoms with van der Waals surface area (Å²) in [6.45, 7) is 0. The van der Waals surface area contributed by atoms with Gasteiger partial charge in [0.05, 0.1) is 0 Å². The standard InChI is InChI=1S/C11H11N3O6/c1-13(10(16)3-2-6-15)20-11(17)8-4-5-9(12-7-8)14(18)19/h4-7H,2-3H2,1H3. The van der Waals surface area contributed by atoms with Crippen molar-refractivity contribution in [2.75, 3.05) is 7.05 Å². The fraction of sp³-hybridized carbons (Fsp3) is 0.273. The molecule has 0 saturated heterocycles. The van der Waals surface area contributed by atoms with Crippen molar-refractivity contribution in [2.45, 2.75) is 12.8 Å². The van der Waals surface area contributed by atoms with Crippen molar-refractivity contribution >= 4 is 24.0 Å². The molecule has 1 amide bonds. The van der Waals surface area contributed by atoms with Gasteiger partial charge >= 0.3 is 11.8 Å². The smallest absolute Gasteiger partial charge is 0.358 e. The van der Waals surface area contributed by atoms with E-state index in [-0.39, 0.29) is 18.4 Å². The zero-order chi connectivity index (χ0) is 15.1. The Hall–Kier alpha value is -2.84. The second-order valence-electron chi connectivity index (χ2n) is 3.64. The molecular weight excluding hydrogens is 270 g/mol. The van der Waals surface area contributed by atoms with Crippen LogP contribution in [0.2, 0.25) is 0 Å². The molecule has 0 atom stereocenters.